The maximum absolute atomic E-state index is 13.9. The van der Waals surface area contributed by atoms with Gasteiger partial charge >= 0.3 is 5.97 Å². The van der Waals surface area contributed by atoms with Crippen molar-refractivity contribution in [3.8, 4) is 11.5 Å². The van der Waals surface area contributed by atoms with Gasteiger partial charge in [-0.15, -0.1) is 0 Å². The quantitative estimate of drug-likeness (QED) is 0.0166. The van der Waals surface area contributed by atoms with Gasteiger partial charge in [0, 0.05) is 68.4 Å². The number of carbonyl (C=O) groups is 4. The number of methoxy groups -OCH3 is 1. The van der Waals surface area contributed by atoms with Gasteiger partial charge in [0.05, 0.1) is 61.9 Å². The first-order valence-electron chi connectivity index (χ1n) is 24.4. The van der Waals surface area contributed by atoms with E-state index < -0.39 is 23.3 Å². The lowest BCUT2D eigenvalue weighted by molar-refractivity contribution is -0.156. The SMILES string of the molecule is C=NC(=Nc1c(C)c2cc(C(N)=O)cc(OCCOCCOCCC(=O)OC(C)(C)C)c2n1C/C=C/Cn1c(NC(=O)c2cc(C)nn2CC)nc2cc(C(N)=O)cc(OCCCOC)c21)c1cc(C)nn1CC. The zero-order valence-corrected chi connectivity index (χ0v) is 43.8. The van der Waals surface area contributed by atoms with Crippen LogP contribution in [0.25, 0.3) is 21.9 Å². The first-order chi connectivity index (χ1) is 35.4. The van der Waals surface area contributed by atoms with Crippen LogP contribution in [0.2, 0.25) is 0 Å². The van der Waals surface area contributed by atoms with E-state index in [1.807, 2.05) is 78.2 Å². The minimum Gasteiger partial charge on any atom is -0.491 e. The second-order valence-electron chi connectivity index (χ2n) is 18.1. The van der Waals surface area contributed by atoms with Gasteiger partial charge in [-0.05, 0) is 98.5 Å². The van der Waals surface area contributed by atoms with Crippen molar-refractivity contribution >= 4 is 69.9 Å². The van der Waals surface area contributed by atoms with Crippen molar-refractivity contribution in [2.45, 2.75) is 100 Å². The zero-order chi connectivity index (χ0) is 53.7. The van der Waals surface area contributed by atoms with Crippen molar-refractivity contribution in [1.82, 2.24) is 33.7 Å². The van der Waals surface area contributed by atoms with E-state index in [1.165, 1.54) is 0 Å². The largest absolute Gasteiger partial charge is 0.491 e. The van der Waals surface area contributed by atoms with Crippen molar-refractivity contribution in [3.05, 3.63) is 88.0 Å². The van der Waals surface area contributed by atoms with Gasteiger partial charge in [0.25, 0.3) is 5.91 Å². The Balaban J connectivity index is 1.38. The van der Waals surface area contributed by atoms with E-state index in [4.69, 9.17) is 49.9 Å². The Labute approximate surface area is 429 Å². The summed E-state index contributed by atoms with van der Waals surface area (Å²) in [6.45, 7) is 21.8. The third-order valence-corrected chi connectivity index (χ3v) is 11.4. The number of hydrogen-bond acceptors (Lipinski definition) is 14. The van der Waals surface area contributed by atoms with E-state index in [9.17, 15) is 19.2 Å². The maximum Gasteiger partial charge on any atom is 0.308 e. The molecule has 0 atom stereocenters. The molecule has 0 aliphatic rings. The number of nitrogens with one attached hydrogen (secondary N) is 1. The molecule has 4 aromatic heterocycles. The minimum atomic E-state index is -0.676. The number of hydrogen-bond donors (Lipinski definition) is 3. The molecule has 0 radical (unpaired) electrons. The number of ether oxygens (including phenoxy) is 6. The van der Waals surface area contributed by atoms with Crippen LogP contribution in [-0.2, 0) is 49.9 Å². The molecule has 396 valence electrons. The third kappa shape index (κ3) is 13.9. The topological polar surface area (TPSA) is 271 Å². The standard InChI is InChI=1S/C52H68N12O10/c1-11-63-39(26-32(3)59-63)48(55-9)57-49-34(5)37-28-35(46(53)66)30-41(73-25-24-71-23-22-70-21-16-43(65)74-52(6,7)8)44(37)61(49)17-13-14-18-62-45-38(29-36(47(54)67)31-42(45)72-20-15-19-69-10)56-51(62)58-50(68)40-27-33(4)60-64(40)12-2/h13-14,26-31H,9,11-12,15-25H2,1-8,10H3,(H2,53,66)(H2,54,67)(H,56,58,68)/b14-13+,57-48?. The Morgan fingerprint density at radius 1 is 0.743 bits per heavy atom. The number of benzene rings is 2. The summed E-state index contributed by atoms with van der Waals surface area (Å²) >= 11 is 0. The monoisotopic (exact) mass is 1020 g/mol. The number of primary amides is 2. The lowest BCUT2D eigenvalue weighted by Gasteiger charge is -2.19. The fraction of sp³-hybridized carbons (Fsp3) is 0.442. The highest BCUT2D eigenvalue weighted by Gasteiger charge is 2.24. The van der Waals surface area contributed by atoms with E-state index in [0.29, 0.717) is 93.9 Å². The summed E-state index contributed by atoms with van der Waals surface area (Å²) < 4.78 is 41.7. The Kier molecular flexibility index (Phi) is 19.0. The summed E-state index contributed by atoms with van der Waals surface area (Å²) in [7, 11) is 1.60. The number of anilines is 1. The second-order valence-corrected chi connectivity index (χ2v) is 18.1. The van der Waals surface area contributed by atoms with Gasteiger partial charge in [0.2, 0.25) is 17.8 Å². The first-order valence-corrected chi connectivity index (χ1v) is 24.4. The number of aryl methyl sites for hydroxylation is 5. The van der Waals surface area contributed by atoms with Crippen LogP contribution in [0.1, 0.15) is 101 Å². The molecule has 5 N–H and O–H groups in total. The van der Waals surface area contributed by atoms with Crippen LogP contribution in [0.15, 0.2) is 58.5 Å². The maximum atomic E-state index is 13.9. The summed E-state index contributed by atoms with van der Waals surface area (Å²) in [5.41, 5.74) is 16.1. The van der Waals surface area contributed by atoms with E-state index in [-0.39, 0.29) is 82.2 Å². The van der Waals surface area contributed by atoms with Crippen LogP contribution >= 0.6 is 0 Å². The van der Waals surface area contributed by atoms with Crippen LogP contribution in [0.4, 0.5) is 11.8 Å². The molecular formula is C52H68N12O10. The average Bonchev–Trinajstić information content (AvgIpc) is 4.10. The highest BCUT2D eigenvalue weighted by molar-refractivity contribution is 6.06. The van der Waals surface area contributed by atoms with Crippen LogP contribution < -0.4 is 26.3 Å². The number of nitrogens with two attached hydrogens (primary N) is 2. The van der Waals surface area contributed by atoms with Crippen molar-refractivity contribution in [3.63, 3.8) is 0 Å². The smallest absolute Gasteiger partial charge is 0.308 e. The van der Waals surface area contributed by atoms with E-state index in [2.05, 4.69) is 27.2 Å². The number of aromatic nitrogens is 7. The van der Waals surface area contributed by atoms with E-state index >= 15 is 0 Å². The number of fused-ring (bicyclic) bond motifs is 2. The van der Waals surface area contributed by atoms with Gasteiger partial charge in [-0.2, -0.15) is 10.2 Å². The van der Waals surface area contributed by atoms with Crippen LogP contribution in [0.3, 0.4) is 0 Å². The first kappa shape index (κ1) is 55.6. The van der Waals surface area contributed by atoms with E-state index in [0.717, 1.165) is 5.69 Å². The molecule has 22 heteroatoms. The molecule has 0 unspecified atom stereocenters. The van der Waals surface area contributed by atoms with Crippen molar-refractivity contribution in [2.75, 3.05) is 58.7 Å². The molecule has 0 fully saturated rings. The molecule has 0 saturated heterocycles. The summed E-state index contributed by atoms with van der Waals surface area (Å²) in [5.74, 6) is -0.434. The van der Waals surface area contributed by atoms with Crippen LogP contribution in [0, 0.1) is 20.8 Å². The number of amides is 3. The van der Waals surface area contributed by atoms with E-state index in [1.54, 1.807) is 51.4 Å². The summed E-state index contributed by atoms with van der Waals surface area (Å²) in [4.78, 5) is 65.6. The van der Waals surface area contributed by atoms with Crippen LogP contribution in [-0.4, -0.2) is 129 Å². The molecule has 3 amide bonds. The third-order valence-electron chi connectivity index (χ3n) is 11.4. The molecule has 0 saturated carbocycles. The van der Waals surface area contributed by atoms with Gasteiger partial charge in [-0.3, -0.25) is 33.9 Å². The number of esters is 1. The predicted octanol–water partition coefficient (Wildman–Crippen LogP) is 6.39. The summed E-state index contributed by atoms with van der Waals surface area (Å²) in [6, 6.07) is 10.00. The molecule has 0 aliphatic carbocycles. The molecule has 0 spiro atoms. The minimum absolute atomic E-state index is 0.0937. The fourth-order valence-electron chi connectivity index (χ4n) is 8.13. The molecule has 22 nitrogen and oxygen atoms in total. The number of aliphatic imine (C=N–C) groups is 2. The number of rotatable bonds is 27. The Hall–Kier alpha value is -7.69. The second kappa shape index (κ2) is 25.3. The number of carbonyl (C=O) groups excluding carboxylic acids is 4. The lowest BCUT2D eigenvalue weighted by atomic mass is 10.1. The molecule has 2 aromatic carbocycles. The average molecular weight is 1020 g/mol. The van der Waals surface area contributed by atoms with Crippen molar-refractivity contribution in [2.24, 2.45) is 21.5 Å². The summed E-state index contributed by atoms with van der Waals surface area (Å²) in [6.07, 6.45) is 4.49. The zero-order valence-electron chi connectivity index (χ0n) is 43.8. The number of nitrogens with zero attached hydrogens (tertiary/aromatic N) is 9. The molecule has 6 aromatic rings. The van der Waals surface area contributed by atoms with Gasteiger partial charge in [-0.1, -0.05) is 12.2 Å². The lowest BCUT2D eigenvalue weighted by Crippen LogP contribution is -2.24. The van der Waals surface area contributed by atoms with Gasteiger partial charge in [0.15, 0.2) is 5.84 Å². The highest BCUT2D eigenvalue weighted by Crippen LogP contribution is 2.39. The molecular weight excluding hydrogens is 953 g/mol. The molecule has 0 aliphatic heterocycles. The number of imidazole rings is 1. The van der Waals surface area contributed by atoms with Gasteiger partial charge < -0.3 is 49.0 Å². The van der Waals surface area contributed by atoms with Crippen LogP contribution in [0.5, 0.6) is 11.5 Å². The predicted molar refractivity (Wildman–Crippen MR) is 281 cm³/mol. The Bertz CT molecular complexity index is 3060. The fourth-order valence-corrected chi connectivity index (χ4v) is 8.13. The van der Waals surface area contributed by atoms with Crippen molar-refractivity contribution < 1.29 is 47.6 Å². The molecule has 0 bridgehead atoms. The number of amidine groups is 1. The Morgan fingerprint density at radius 2 is 1.32 bits per heavy atom. The normalized spacial score (nSPS) is 12.0. The van der Waals surface area contributed by atoms with Gasteiger partial charge in [0.1, 0.15) is 46.4 Å². The van der Waals surface area contributed by atoms with Gasteiger partial charge in [-0.25, -0.2) is 15.0 Å². The van der Waals surface area contributed by atoms with Crippen molar-refractivity contribution in [1.29, 1.82) is 0 Å². The molecule has 6 rings (SSSR count). The Morgan fingerprint density at radius 3 is 1.95 bits per heavy atom. The number of allylic oxidation sites excluding steroid dienone is 2. The summed E-state index contributed by atoms with van der Waals surface area (Å²) in [5, 5.41) is 12.7. The molecule has 4 heterocycles. The highest BCUT2D eigenvalue weighted by atomic mass is 16.6. The molecule has 74 heavy (non-hydrogen) atoms.